The van der Waals surface area contributed by atoms with E-state index < -0.39 is 11.6 Å². The molecule has 2 aliphatic heterocycles. The van der Waals surface area contributed by atoms with Gasteiger partial charge in [0.1, 0.15) is 0 Å². The molecule has 3 aliphatic rings. The summed E-state index contributed by atoms with van der Waals surface area (Å²) in [4.78, 5) is 24.5. The third-order valence-electron chi connectivity index (χ3n) is 6.01. The number of Topliss-reactive ketones (excluding diaryl/α,β-unsaturated/α-hetero) is 1. The fourth-order valence-electron chi connectivity index (χ4n) is 4.29. The number of nitrogens with zero attached hydrogens (tertiary/aromatic N) is 3. The van der Waals surface area contributed by atoms with Crippen molar-refractivity contribution in [3.63, 3.8) is 0 Å². The average Bonchev–Trinajstić information content (AvgIpc) is 3.35. The Hall–Kier alpha value is -3.38. The van der Waals surface area contributed by atoms with Crippen molar-refractivity contribution in [3.05, 3.63) is 64.3 Å². The van der Waals surface area contributed by atoms with Crippen molar-refractivity contribution >= 4 is 34.6 Å². The van der Waals surface area contributed by atoms with E-state index in [9.17, 15) is 4.79 Å². The number of ketones is 1. The number of carbonyl (C=O) groups is 1. The number of carbonyl (C=O) groups excluding carboxylic acids is 1. The number of aliphatic imine (C=N–C) groups is 2. The molecular weight excluding hydrogens is 438 g/mol. The van der Waals surface area contributed by atoms with Crippen LogP contribution in [0.3, 0.4) is 0 Å². The molecule has 4 rings (SSSR count). The number of nitrogens with one attached hydrogen (secondary N) is 2. The number of allylic oxidation sites excluding steroid dienone is 3. The molecule has 33 heavy (non-hydrogen) atoms. The van der Waals surface area contributed by atoms with E-state index in [1.807, 2.05) is 0 Å². The molecular formula is C24H27N5O3S. The molecule has 8 nitrogen and oxygen atoms in total. The summed E-state index contributed by atoms with van der Waals surface area (Å²) in [5, 5.41) is 6.67. The summed E-state index contributed by atoms with van der Waals surface area (Å²) in [6, 6.07) is 6.54. The van der Waals surface area contributed by atoms with E-state index in [0.29, 0.717) is 30.3 Å². The Bertz CT molecular complexity index is 1100. The highest BCUT2D eigenvalue weighted by atomic mass is 32.1. The predicted molar refractivity (Wildman–Crippen MR) is 129 cm³/mol. The zero-order valence-electron chi connectivity index (χ0n) is 18.6. The molecule has 1 aromatic rings. The molecule has 1 aliphatic carbocycles. The van der Waals surface area contributed by atoms with Crippen LogP contribution in [-0.2, 0) is 22.8 Å². The first-order valence-corrected chi connectivity index (χ1v) is 11.6. The zero-order chi connectivity index (χ0) is 23.6. The van der Waals surface area contributed by atoms with Gasteiger partial charge < -0.3 is 15.5 Å². The largest absolute Gasteiger partial charge is 0.361 e. The minimum absolute atomic E-state index is 0.0140. The van der Waals surface area contributed by atoms with Gasteiger partial charge in [-0.2, -0.15) is 8.42 Å². The minimum Gasteiger partial charge on any atom is -0.361 e. The van der Waals surface area contributed by atoms with E-state index >= 15 is 0 Å². The summed E-state index contributed by atoms with van der Waals surface area (Å²) < 4.78 is 16.6. The van der Waals surface area contributed by atoms with Gasteiger partial charge in [-0.3, -0.25) is 9.79 Å². The van der Waals surface area contributed by atoms with Crippen LogP contribution >= 0.6 is 0 Å². The maximum atomic E-state index is 12.8. The Balaban J connectivity index is 0.000000968. The lowest BCUT2D eigenvalue weighted by atomic mass is 9.85. The van der Waals surface area contributed by atoms with Gasteiger partial charge in [0.25, 0.3) is 5.82 Å². The smallest absolute Gasteiger partial charge is 0.335 e. The molecule has 0 radical (unpaired) electrons. The molecule has 0 atom stereocenters. The van der Waals surface area contributed by atoms with E-state index in [1.54, 1.807) is 13.1 Å². The quantitative estimate of drug-likeness (QED) is 0.651. The van der Waals surface area contributed by atoms with Crippen LogP contribution in [0, 0.1) is 6.57 Å². The second-order valence-electron chi connectivity index (χ2n) is 8.03. The number of guanidine groups is 1. The number of benzene rings is 1. The van der Waals surface area contributed by atoms with E-state index in [0.717, 1.165) is 37.5 Å². The van der Waals surface area contributed by atoms with Crippen molar-refractivity contribution in [1.29, 1.82) is 0 Å². The van der Waals surface area contributed by atoms with Crippen LogP contribution in [0.1, 0.15) is 54.7 Å². The van der Waals surface area contributed by atoms with Gasteiger partial charge in [0.15, 0.2) is 11.7 Å². The van der Waals surface area contributed by atoms with Crippen LogP contribution in [0.4, 0.5) is 0 Å². The molecule has 2 heterocycles. The molecule has 0 aromatic heterocycles. The monoisotopic (exact) mass is 465 g/mol. The fourth-order valence-corrected chi connectivity index (χ4v) is 4.29. The van der Waals surface area contributed by atoms with Crippen LogP contribution in [0.25, 0.3) is 10.4 Å². The number of hydrogen-bond acceptors (Lipinski definition) is 5. The lowest BCUT2D eigenvalue weighted by Gasteiger charge is -2.27. The van der Waals surface area contributed by atoms with Crippen molar-refractivity contribution < 1.29 is 13.2 Å². The third-order valence-corrected chi connectivity index (χ3v) is 6.01. The van der Waals surface area contributed by atoms with Crippen molar-refractivity contribution in [3.8, 4) is 0 Å². The van der Waals surface area contributed by atoms with E-state index in [2.05, 4.69) is 49.7 Å². The lowest BCUT2D eigenvalue weighted by Crippen LogP contribution is -2.48. The van der Waals surface area contributed by atoms with Gasteiger partial charge in [-0.15, -0.1) is 4.99 Å². The van der Waals surface area contributed by atoms with Crippen LogP contribution in [-0.4, -0.2) is 46.0 Å². The van der Waals surface area contributed by atoms with Crippen molar-refractivity contribution in [2.45, 2.75) is 44.4 Å². The van der Waals surface area contributed by atoms with Gasteiger partial charge in [0.05, 0.1) is 0 Å². The van der Waals surface area contributed by atoms with Crippen LogP contribution < -0.4 is 10.6 Å². The van der Waals surface area contributed by atoms with Gasteiger partial charge >= 0.3 is 11.6 Å². The van der Waals surface area contributed by atoms with Gasteiger partial charge in [-0.25, -0.2) is 0 Å². The Morgan fingerprint density at radius 3 is 2.61 bits per heavy atom. The number of rotatable bonds is 5. The summed E-state index contributed by atoms with van der Waals surface area (Å²) in [7, 11) is 1.78. The van der Waals surface area contributed by atoms with E-state index in [-0.39, 0.29) is 5.78 Å². The van der Waals surface area contributed by atoms with Gasteiger partial charge in [-0.1, -0.05) is 36.9 Å². The summed E-state index contributed by atoms with van der Waals surface area (Å²) in [5.74, 6) is 1.54. The van der Waals surface area contributed by atoms with Gasteiger partial charge in [0, 0.05) is 38.9 Å². The van der Waals surface area contributed by atoms with Crippen molar-refractivity contribution in [2.24, 2.45) is 9.98 Å². The highest BCUT2D eigenvalue weighted by molar-refractivity contribution is 7.51. The van der Waals surface area contributed by atoms with Gasteiger partial charge in [0.2, 0.25) is 5.78 Å². The second kappa shape index (κ2) is 12.0. The van der Waals surface area contributed by atoms with Crippen molar-refractivity contribution in [1.82, 2.24) is 10.6 Å². The van der Waals surface area contributed by atoms with Crippen LogP contribution in [0.2, 0.25) is 0 Å². The first kappa shape index (κ1) is 24.3. The predicted octanol–water partition coefficient (Wildman–Crippen LogP) is 2.95. The standard InChI is InChI=1S/C24H27N5O.O2S/c1-25-23-11-10-21(29-23)22(30)13-18-9-8-17(19-14-27-24(26-2)28-15-19)12-20(18)16-6-4-3-5-7-16;1-3-2/h6,8-9,11-12,19H,3-5,7,10,13-15H2,2H3,(H2,26,27,28);. The van der Waals surface area contributed by atoms with E-state index in [4.69, 9.17) is 15.0 Å². The molecule has 1 aromatic carbocycles. The Kier molecular flexibility index (Phi) is 8.84. The minimum atomic E-state index is -0.750. The summed E-state index contributed by atoms with van der Waals surface area (Å²) >= 11 is -0.750. The third kappa shape index (κ3) is 6.33. The summed E-state index contributed by atoms with van der Waals surface area (Å²) in [6.45, 7) is 8.77. The Morgan fingerprint density at radius 2 is 2.00 bits per heavy atom. The molecule has 172 valence electrons. The summed E-state index contributed by atoms with van der Waals surface area (Å²) in [5.41, 5.74) is 5.39. The first-order chi connectivity index (χ1) is 16.1. The molecule has 2 N–H and O–H groups in total. The maximum absolute atomic E-state index is 12.8. The maximum Gasteiger partial charge on any atom is 0.335 e. The molecule has 0 spiro atoms. The first-order valence-electron chi connectivity index (χ1n) is 11.0. The normalized spacial score (nSPS) is 19.3. The number of hydrogen-bond donors (Lipinski definition) is 2. The highest BCUT2D eigenvalue weighted by Gasteiger charge is 2.24. The second-order valence-corrected chi connectivity index (χ2v) is 8.16. The highest BCUT2D eigenvalue weighted by Crippen LogP contribution is 2.32. The Labute approximate surface area is 197 Å². The molecule has 0 bridgehead atoms. The summed E-state index contributed by atoms with van der Waals surface area (Å²) in [6.07, 6.45) is 9.44. The topological polar surface area (TPSA) is 104 Å². The zero-order valence-corrected chi connectivity index (χ0v) is 19.4. The molecule has 0 unspecified atom stereocenters. The van der Waals surface area contributed by atoms with Crippen molar-refractivity contribution in [2.75, 3.05) is 20.1 Å². The molecule has 1 fully saturated rings. The SMILES string of the molecule is O=S=O.[C-]#[N+]C1=CCC(C(=O)Cc2ccc(C3CNC(=NC)NC3)cc2C2=CCCCC2)=N1. The fraction of sp³-hybridized carbons (Fsp3) is 0.417. The lowest BCUT2D eigenvalue weighted by molar-refractivity contribution is -0.112. The average molecular weight is 466 g/mol. The van der Waals surface area contributed by atoms with E-state index in [1.165, 1.54) is 29.5 Å². The molecule has 9 heteroatoms. The molecule has 0 amide bonds. The van der Waals surface area contributed by atoms with Crippen LogP contribution in [0.5, 0.6) is 0 Å². The van der Waals surface area contributed by atoms with Crippen LogP contribution in [0.15, 0.2) is 46.2 Å². The Morgan fingerprint density at radius 1 is 1.24 bits per heavy atom. The molecule has 1 saturated heterocycles. The van der Waals surface area contributed by atoms with Gasteiger partial charge in [-0.05, 0) is 47.9 Å². The molecule has 0 saturated carbocycles.